The molecule has 1 heterocycles. The number of nitrogens with zero attached hydrogens (tertiary/aromatic N) is 1. The van der Waals surface area contributed by atoms with E-state index in [1.807, 2.05) is 25.8 Å². The molecule has 116 valence electrons. The largest absolute Gasteiger partial charge is 0.381 e. The van der Waals surface area contributed by atoms with E-state index in [4.69, 9.17) is 4.74 Å². The summed E-state index contributed by atoms with van der Waals surface area (Å²) in [6, 6.07) is -0.381. The quantitative estimate of drug-likeness (QED) is 0.760. The fourth-order valence-electron chi connectivity index (χ4n) is 2.66. The summed E-state index contributed by atoms with van der Waals surface area (Å²) in [4.78, 5) is 25.5. The molecule has 1 amide bonds. The lowest BCUT2D eigenvalue weighted by atomic mass is 10.0. The van der Waals surface area contributed by atoms with Gasteiger partial charge in [-0.25, -0.2) is 0 Å². The molecule has 5 nitrogen and oxygen atoms in total. The van der Waals surface area contributed by atoms with Crippen LogP contribution in [0.3, 0.4) is 0 Å². The van der Waals surface area contributed by atoms with Gasteiger partial charge in [-0.15, -0.1) is 0 Å². The summed E-state index contributed by atoms with van der Waals surface area (Å²) in [7, 11) is 1.94. The Morgan fingerprint density at radius 1 is 1.40 bits per heavy atom. The fraction of sp³-hybridized carbons (Fsp3) is 0.867. The van der Waals surface area contributed by atoms with E-state index in [0.29, 0.717) is 12.5 Å². The van der Waals surface area contributed by atoms with E-state index >= 15 is 0 Å². The van der Waals surface area contributed by atoms with Gasteiger partial charge in [-0.2, -0.15) is 0 Å². The maximum Gasteiger partial charge on any atom is 0.234 e. The molecule has 2 atom stereocenters. The third kappa shape index (κ3) is 6.01. The van der Waals surface area contributed by atoms with Crippen LogP contribution in [-0.4, -0.2) is 56.0 Å². The van der Waals surface area contributed by atoms with Crippen LogP contribution < -0.4 is 5.32 Å². The van der Waals surface area contributed by atoms with Crippen molar-refractivity contribution in [2.45, 2.75) is 39.7 Å². The molecule has 1 saturated heterocycles. The number of carbonyl (C=O) groups is 2. The van der Waals surface area contributed by atoms with Crippen molar-refractivity contribution in [3.05, 3.63) is 0 Å². The highest BCUT2D eigenvalue weighted by Gasteiger charge is 2.22. The SMILES string of the molecule is CC(=O)C(NC(=O)CN(C)CC1CCCOC1)C(C)C. The molecule has 0 radical (unpaired) electrons. The summed E-state index contributed by atoms with van der Waals surface area (Å²) in [6.07, 6.45) is 2.26. The molecule has 20 heavy (non-hydrogen) atoms. The molecule has 2 unspecified atom stereocenters. The van der Waals surface area contributed by atoms with Gasteiger partial charge in [0, 0.05) is 13.2 Å². The number of Topliss-reactive ketones (excluding diaryl/α,β-unsaturated/α-hetero) is 1. The fourth-order valence-corrected chi connectivity index (χ4v) is 2.66. The lowest BCUT2D eigenvalue weighted by Crippen LogP contribution is -2.47. The molecule has 1 fully saturated rings. The van der Waals surface area contributed by atoms with Gasteiger partial charge in [0.25, 0.3) is 0 Å². The predicted octanol–water partition coefficient (Wildman–Crippen LogP) is 1.07. The van der Waals surface area contributed by atoms with Crippen LogP contribution in [-0.2, 0) is 14.3 Å². The maximum atomic E-state index is 12.0. The lowest BCUT2D eigenvalue weighted by Gasteiger charge is -2.27. The molecule has 0 aromatic heterocycles. The van der Waals surface area contributed by atoms with Gasteiger partial charge < -0.3 is 10.1 Å². The van der Waals surface area contributed by atoms with Gasteiger partial charge in [-0.1, -0.05) is 13.8 Å². The molecule has 0 spiro atoms. The summed E-state index contributed by atoms with van der Waals surface area (Å²) in [5, 5.41) is 2.82. The third-order valence-electron chi connectivity index (χ3n) is 3.66. The van der Waals surface area contributed by atoms with Crippen molar-refractivity contribution in [1.29, 1.82) is 0 Å². The number of rotatable bonds is 7. The predicted molar refractivity (Wildman–Crippen MR) is 78.5 cm³/mol. The smallest absolute Gasteiger partial charge is 0.234 e. The topological polar surface area (TPSA) is 58.6 Å². The van der Waals surface area contributed by atoms with E-state index in [1.165, 1.54) is 6.92 Å². The summed E-state index contributed by atoms with van der Waals surface area (Å²) in [5.74, 6) is 0.554. The number of likely N-dealkylation sites (N-methyl/N-ethyl adjacent to an activating group) is 1. The number of ether oxygens (including phenoxy) is 1. The summed E-state index contributed by atoms with van der Waals surface area (Å²) < 4.78 is 5.44. The van der Waals surface area contributed by atoms with Crippen molar-refractivity contribution in [3.8, 4) is 0 Å². The molecule has 1 aliphatic heterocycles. The van der Waals surface area contributed by atoms with Crippen molar-refractivity contribution >= 4 is 11.7 Å². The van der Waals surface area contributed by atoms with Gasteiger partial charge in [0.1, 0.15) is 0 Å². The molecule has 0 aliphatic carbocycles. The van der Waals surface area contributed by atoms with Gasteiger partial charge in [-0.05, 0) is 38.6 Å². The van der Waals surface area contributed by atoms with Crippen LogP contribution >= 0.6 is 0 Å². The number of nitrogens with one attached hydrogen (secondary N) is 1. The molecule has 0 aromatic carbocycles. The minimum atomic E-state index is -0.381. The molecule has 1 rings (SSSR count). The Labute approximate surface area is 122 Å². The zero-order valence-corrected chi connectivity index (χ0v) is 13.1. The molecular formula is C15H28N2O3. The van der Waals surface area contributed by atoms with E-state index in [9.17, 15) is 9.59 Å². The van der Waals surface area contributed by atoms with Gasteiger partial charge in [0.15, 0.2) is 5.78 Å². The average molecular weight is 284 g/mol. The molecule has 1 aliphatic rings. The van der Waals surface area contributed by atoms with Gasteiger partial charge in [-0.3, -0.25) is 14.5 Å². The van der Waals surface area contributed by atoms with Crippen molar-refractivity contribution in [3.63, 3.8) is 0 Å². The lowest BCUT2D eigenvalue weighted by molar-refractivity contribution is -0.128. The summed E-state index contributed by atoms with van der Waals surface area (Å²) in [6.45, 7) is 8.23. The summed E-state index contributed by atoms with van der Waals surface area (Å²) in [5.41, 5.74) is 0. The molecule has 0 bridgehead atoms. The Morgan fingerprint density at radius 2 is 2.10 bits per heavy atom. The molecule has 0 saturated carbocycles. The van der Waals surface area contributed by atoms with Crippen molar-refractivity contribution in [2.24, 2.45) is 11.8 Å². The van der Waals surface area contributed by atoms with E-state index in [-0.39, 0.29) is 23.7 Å². The van der Waals surface area contributed by atoms with Crippen molar-refractivity contribution in [2.75, 3.05) is 33.4 Å². The van der Waals surface area contributed by atoms with E-state index in [0.717, 1.165) is 32.6 Å². The summed E-state index contributed by atoms with van der Waals surface area (Å²) >= 11 is 0. The molecule has 1 N–H and O–H groups in total. The average Bonchev–Trinajstić information content (AvgIpc) is 2.36. The highest BCUT2D eigenvalue weighted by Crippen LogP contribution is 2.14. The van der Waals surface area contributed by atoms with Crippen molar-refractivity contribution in [1.82, 2.24) is 10.2 Å². The minimum Gasteiger partial charge on any atom is -0.381 e. The van der Waals surface area contributed by atoms with E-state index in [1.54, 1.807) is 0 Å². The first kappa shape index (κ1) is 17.1. The number of ketones is 1. The van der Waals surface area contributed by atoms with Crippen LogP contribution in [0.4, 0.5) is 0 Å². The number of amides is 1. The number of hydrogen-bond acceptors (Lipinski definition) is 4. The number of hydrogen-bond donors (Lipinski definition) is 1. The molecular weight excluding hydrogens is 256 g/mol. The Hall–Kier alpha value is -0.940. The second-order valence-electron chi connectivity index (χ2n) is 6.18. The highest BCUT2D eigenvalue weighted by atomic mass is 16.5. The minimum absolute atomic E-state index is 0.0108. The first-order valence-corrected chi connectivity index (χ1v) is 7.46. The second kappa shape index (κ2) is 8.37. The first-order valence-electron chi connectivity index (χ1n) is 7.46. The molecule has 0 aromatic rings. The first-order chi connectivity index (χ1) is 9.40. The Bertz CT molecular complexity index is 325. The van der Waals surface area contributed by atoms with Crippen LogP contribution in [0.25, 0.3) is 0 Å². The van der Waals surface area contributed by atoms with Crippen LogP contribution in [0.1, 0.15) is 33.6 Å². The standard InChI is InChI=1S/C15H28N2O3/c1-11(2)15(12(3)18)16-14(19)9-17(4)8-13-6-5-7-20-10-13/h11,13,15H,5-10H2,1-4H3,(H,16,19). The maximum absolute atomic E-state index is 12.0. The Balaban J connectivity index is 2.34. The van der Waals surface area contributed by atoms with Crippen LogP contribution in [0.15, 0.2) is 0 Å². The normalized spacial score (nSPS) is 21.0. The third-order valence-corrected chi connectivity index (χ3v) is 3.66. The highest BCUT2D eigenvalue weighted by molar-refractivity contribution is 5.88. The van der Waals surface area contributed by atoms with Gasteiger partial charge in [0.05, 0.1) is 19.2 Å². The van der Waals surface area contributed by atoms with Gasteiger partial charge in [0.2, 0.25) is 5.91 Å². The van der Waals surface area contributed by atoms with E-state index < -0.39 is 0 Å². The molecule has 5 heteroatoms. The zero-order valence-electron chi connectivity index (χ0n) is 13.1. The Morgan fingerprint density at radius 3 is 2.60 bits per heavy atom. The van der Waals surface area contributed by atoms with E-state index in [2.05, 4.69) is 5.32 Å². The van der Waals surface area contributed by atoms with Gasteiger partial charge >= 0.3 is 0 Å². The van der Waals surface area contributed by atoms with Crippen LogP contribution in [0.5, 0.6) is 0 Å². The second-order valence-corrected chi connectivity index (χ2v) is 6.18. The van der Waals surface area contributed by atoms with Crippen molar-refractivity contribution < 1.29 is 14.3 Å². The van der Waals surface area contributed by atoms with Crippen LogP contribution in [0.2, 0.25) is 0 Å². The number of carbonyl (C=O) groups excluding carboxylic acids is 2. The zero-order chi connectivity index (χ0) is 15.1. The monoisotopic (exact) mass is 284 g/mol. The van der Waals surface area contributed by atoms with Crippen LogP contribution in [0, 0.1) is 11.8 Å². The Kier molecular flexibility index (Phi) is 7.16.